The summed E-state index contributed by atoms with van der Waals surface area (Å²) in [5.41, 5.74) is 6.70. The zero-order valence-electron chi connectivity index (χ0n) is 11.3. The van der Waals surface area contributed by atoms with E-state index in [0.29, 0.717) is 22.1 Å². The second-order valence-corrected chi connectivity index (χ2v) is 5.99. The molecular weight excluding hydrogens is 403 g/mol. The zero-order chi connectivity index (χ0) is 15.4. The van der Waals surface area contributed by atoms with Crippen LogP contribution in [0.15, 0.2) is 42.5 Å². The maximum absolute atomic E-state index is 12.1. The Bertz CT molecular complexity index is 664. The lowest BCUT2D eigenvalue weighted by Crippen LogP contribution is -2.30. The molecule has 2 aromatic rings. The maximum Gasteiger partial charge on any atom is 0.265 e. The number of nitrogen functional groups attached to an aromatic ring is 1. The van der Waals surface area contributed by atoms with Gasteiger partial charge in [-0.15, -0.1) is 0 Å². The fourth-order valence-electron chi connectivity index (χ4n) is 1.65. The van der Waals surface area contributed by atoms with Crippen molar-refractivity contribution in [3.05, 3.63) is 51.1 Å². The predicted octanol–water partition coefficient (Wildman–Crippen LogP) is 3.93. The molecule has 1 atom stereocenters. The van der Waals surface area contributed by atoms with Crippen LogP contribution < -0.4 is 15.8 Å². The predicted molar refractivity (Wildman–Crippen MR) is 93.7 cm³/mol. The first-order chi connectivity index (χ1) is 9.97. The minimum atomic E-state index is -0.627. The lowest BCUT2D eigenvalue weighted by molar-refractivity contribution is -0.122. The van der Waals surface area contributed by atoms with E-state index in [0.717, 1.165) is 3.57 Å². The van der Waals surface area contributed by atoms with E-state index in [4.69, 9.17) is 22.1 Å². The number of carbonyl (C=O) groups is 1. The van der Waals surface area contributed by atoms with Crippen molar-refractivity contribution < 1.29 is 9.53 Å². The fraction of sp³-hybridized carbons (Fsp3) is 0.133. The van der Waals surface area contributed by atoms with Gasteiger partial charge >= 0.3 is 0 Å². The number of rotatable bonds is 4. The Morgan fingerprint density at radius 3 is 2.71 bits per heavy atom. The molecule has 1 unspecified atom stereocenters. The van der Waals surface area contributed by atoms with Crippen LogP contribution in [0.5, 0.6) is 5.75 Å². The fourth-order valence-corrected chi connectivity index (χ4v) is 2.28. The number of amides is 1. The van der Waals surface area contributed by atoms with Gasteiger partial charge in [0, 0.05) is 5.69 Å². The molecule has 3 N–H and O–H groups in total. The molecule has 6 heteroatoms. The van der Waals surface area contributed by atoms with E-state index in [2.05, 4.69) is 27.9 Å². The summed E-state index contributed by atoms with van der Waals surface area (Å²) in [5, 5.41) is 3.20. The van der Waals surface area contributed by atoms with Crippen molar-refractivity contribution in [1.29, 1.82) is 0 Å². The van der Waals surface area contributed by atoms with Gasteiger partial charge in [-0.1, -0.05) is 23.7 Å². The maximum atomic E-state index is 12.1. The number of anilines is 2. The van der Waals surface area contributed by atoms with E-state index >= 15 is 0 Å². The summed E-state index contributed by atoms with van der Waals surface area (Å²) in [5.74, 6) is 0.424. The topological polar surface area (TPSA) is 64.3 Å². The molecule has 0 heterocycles. The van der Waals surface area contributed by atoms with Gasteiger partial charge in [-0.3, -0.25) is 4.79 Å². The summed E-state index contributed by atoms with van der Waals surface area (Å²) in [4.78, 5) is 12.1. The van der Waals surface area contributed by atoms with Gasteiger partial charge in [-0.25, -0.2) is 0 Å². The Morgan fingerprint density at radius 2 is 2.05 bits per heavy atom. The standard InChI is InChI=1S/C15H14ClIN2O2/c1-9(21-14-5-3-2-4-12(14)17)15(20)19-10-6-7-11(16)13(18)8-10/h2-9H,18H2,1H3,(H,19,20). The zero-order valence-corrected chi connectivity index (χ0v) is 14.2. The first kappa shape index (κ1) is 15.9. The van der Waals surface area contributed by atoms with Gasteiger partial charge in [-0.05, 0) is 59.8 Å². The third-order valence-electron chi connectivity index (χ3n) is 2.77. The molecule has 0 aliphatic rings. The molecule has 110 valence electrons. The molecule has 0 saturated carbocycles. The lowest BCUT2D eigenvalue weighted by Gasteiger charge is -2.16. The summed E-state index contributed by atoms with van der Waals surface area (Å²) < 4.78 is 6.61. The molecule has 0 spiro atoms. The van der Waals surface area contributed by atoms with Crippen molar-refractivity contribution in [1.82, 2.24) is 0 Å². The smallest absolute Gasteiger partial charge is 0.265 e. The van der Waals surface area contributed by atoms with Crippen LogP contribution in [0, 0.1) is 3.57 Å². The van der Waals surface area contributed by atoms with E-state index < -0.39 is 6.10 Å². The minimum Gasteiger partial charge on any atom is -0.480 e. The molecule has 2 aromatic carbocycles. The quantitative estimate of drug-likeness (QED) is 0.586. The number of nitrogens with two attached hydrogens (primary N) is 1. The van der Waals surface area contributed by atoms with Crippen LogP contribution in [0.25, 0.3) is 0 Å². The largest absolute Gasteiger partial charge is 0.480 e. The van der Waals surface area contributed by atoms with Crippen LogP contribution in [-0.4, -0.2) is 12.0 Å². The van der Waals surface area contributed by atoms with E-state index in [1.807, 2.05) is 24.3 Å². The highest BCUT2D eigenvalue weighted by Gasteiger charge is 2.16. The van der Waals surface area contributed by atoms with Gasteiger partial charge in [0.05, 0.1) is 14.3 Å². The molecule has 0 saturated heterocycles. The molecule has 0 radical (unpaired) electrons. The van der Waals surface area contributed by atoms with E-state index in [9.17, 15) is 4.79 Å². The summed E-state index contributed by atoms with van der Waals surface area (Å²) in [6.45, 7) is 1.69. The number of halogens is 2. The van der Waals surface area contributed by atoms with Gasteiger partial charge in [0.2, 0.25) is 0 Å². The Morgan fingerprint density at radius 1 is 1.33 bits per heavy atom. The van der Waals surface area contributed by atoms with Crippen LogP contribution in [0.2, 0.25) is 5.02 Å². The highest BCUT2D eigenvalue weighted by atomic mass is 127. The number of ether oxygens (including phenoxy) is 1. The average Bonchev–Trinajstić information content (AvgIpc) is 2.45. The number of para-hydroxylation sites is 1. The first-order valence-corrected chi connectivity index (χ1v) is 7.70. The normalized spacial score (nSPS) is 11.8. The summed E-state index contributed by atoms with van der Waals surface area (Å²) in [7, 11) is 0. The molecule has 2 rings (SSSR count). The summed E-state index contributed by atoms with van der Waals surface area (Å²) in [6, 6.07) is 12.5. The Balaban J connectivity index is 2.02. The third-order valence-corrected chi connectivity index (χ3v) is 4.01. The van der Waals surface area contributed by atoms with Crippen LogP contribution in [-0.2, 0) is 4.79 Å². The van der Waals surface area contributed by atoms with Crippen molar-refractivity contribution in [2.45, 2.75) is 13.0 Å². The van der Waals surface area contributed by atoms with E-state index in [-0.39, 0.29) is 5.91 Å². The van der Waals surface area contributed by atoms with Gasteiger partial charge in [0.1, 0.15) is 5.75 Å². The Hall–Kier alpha value is -1.47. The molecule has 0 aliphatic heterocycles. The van der Waals surface area contributed by atoms with Crippen molar-refractivity contribution in [2.24, 2.45) is 0 Å². The van der Waals surface area contributed by atoms with Crippen molar-refractivity contribution in [2.75, 3.05) is 11.1 Å². The average molecular weight is 417 g/mol. The van der Waals surface area contributed by atoms with Crippen LogP contribution in [0.1, 0.15) is 6.92 Å². The molecule has 1 amide bonds. The Labute approximate surface area is 141 Å². The lowest BCUT2D eigenvalue weighted by atomic mass is 10.2. The van der Waals surface area contributed by atoms with Crippen molar-refractivity contribution in [3.63, 3.8) is 0 Å². The molecule has 0 aromatic heterocycles. The van der Waals surface area contributed by atoms with Crippen LogP contribution in [0.3, 0.4) is 0 Å². The number of carbonyl (C=O) groups excluding carboxylic acids is 1. The van der Waals surface area contributed by atoms with Gasteiger partial charge in [-0.2, -0.15) is 0 Å². The number of nitrogens with one attached hydrogen (secondary N) is 1. The molecular formula is C15H14ClIN2O2. The Kier molecular flexibility index (Phi) is 5.30. The van der Waals surface area contributed by atoms with Gasteiger partial charge < -0.3 is 15.8 Å². The molecule has 0 bridgehead atoms. The third kappa shape index (κ3) is 4.25. The van der Waals surface area contributed by atoms with Gasteiger partial charge in [0.15, 0.2) is 6.10 Å². The second-order valence-electron chi connectivity index (χ2n) is 4.42. The van der Waals surface area contributed by atoms with Crippen LogP contribution in [0.4, 0.5) is 11.4 Å². The minimum absolute atomic E-state index is 0.253. The van der Waals surface area contributed by atoms with Crippen LogP contribution >= 0.6 is 34.2 Å². The number of hydrogen-bond acceptors (Lipinski definition) is 3. The van der Waals surface area contributed by atoms with E-state index in [1.54, 1.807) is 25.1 Å². The van der Waals surface area contributed by atoms with Crippen molar-refractivity contribution >= 4 is 51.5 Å². The molecule has 4 nitrogen and oxygen atoms in total. The highest BCUT2D eigenvalue weighted by molar-refractivity contribution is 14.1. The van der Waals surface area contributed by atoms with Crippen molar-refractivity contribution in [3.8, 4) is 5.75 Å². The monoisotopic (exact) mass is 416 g/mol. The highest BCUT2D eigenvalue weighted by Crippen LogP contribution is 2.23. The molecule has 21 heavy (non-hydrogen) atoms. The molecule has 0 fully saturated rings. The summed E-state index contributed by atoms with van der Waals surface area (Å²) >= 11 is 8.00. The first-order valence-electron chi connectivity index (χ1n) is 6.24. The SMILES string of the molecule is CC(Oc1ccccc1I)C(=O)Nc1ccc(Cl)c(N)c1. The number of hydrogen-bond donors (Lipinski definition) is 2. The molecule has 0 aliphatic carbocycles. The van der Waals surface area contributed by atoms with Gasteiger partial charge in [0.25, 0.3) is 5.91 Å². The van der Waals surface area contributed by atoms with E-state index in [1.165, 1.54) is 0 Å². The second kappa shape index (κ2) is 7.00. The summed E-state index contributed by atoms with van der Waals surface area (Å²) in [6.07, 6.45) is -0.627. The number of benzene rings is 2.